The molecule has 1 heterocycles. The van der Waals surface area contributed by atoms with E-state index in [0.717, 1.165) is 16.7 Å². The van der Waals surface area contributed by atoms with Crippen LogP contribution in [-0.2, 0) is 11.4 Å². The SMILES string of the molecule is O=C1CC(c2ccc(-c3ccccc3C3CC3)cc2CO)CN1. The van der Waals surface area contributed by atoms with Crippen molar-refractivity contribution >= 4 is 5.91 Å². The first-order valence-corrected chi connectivity index (χ1v) is 8.36. The first kappa shape index (κ1) is 14.5. The maximum atomic E-state index is 11.5. The number of amides is 1. The predicted molar refractivity (Wildman–Crippen MR) is 90.1 cm³/mol. The van der Waals surface area contributed by atoms with Crippen molar-refractivity contribution in [3.05, 3.63) is 59.2 Å². The molecule has 1 atom stereocenters. The molecule has 3 heteroatoms. The van der Waals surface area contributed by atoms with Crippen LogP contribution < -0.4 is 5.32 Å². The van der Waals surface area contributed by atoms with E-state index >= 15 is 0 Å². The largest absolute Gasteiger partial charge is 0.392 e. The summed E-state index contributed by atoms with van der Waals surface area (Å²) in [7, 11) is 0. The fraction of sp³-hybridized carbons (Fsp3) is 0.350. The standard InChI is InChI=1S/C20H21NO2/c22-12-16-9-14(7-8-17(16)15-10-20(23)21-11-15)19-4-2-1-3-18(19)13-5-6-13/h1-4,7-9,13,15,22H,5-6,10-12H2,(H,21,23). The lowest BCUT2D eigenvalue weighted by atomic mass is 9.89. The van der Waals surface area contributed by atoms with Crippen molar-refractivity contribution in [2.45, 2.75) is 37.7 Å². The maximum Gasteiger partial charge on any atom is 0.220 e. The summed E-state index contributed by atoms with van der Waals surface area (Å²) < 4.78 is 0. The van der Waals surface area contributed by atoms with Crippen LogP contribution in [-0.4, -0.2) is 17.6 Å². The van der Waals surface area contributed by atoms with Crippen molar-refractivity contribution < 1.29 is 9.90 Å². The molecule has 1 aliphatic carbocycles. The molecule has 3 nitrogen and oxygen atoms in total. The highest BCUT2D eigenvalue weighted by Gasteiger charge is 2.27. The minimum Gasteiger partial charge on any atom is -0.392 e. The third-order valence-electron chi connectivity index (χ3n) is 5.02. The molecule has 1 saturated carbocycles. The van der Waals surface area contributed by atoms with Gasteiger partial charge in [0.15, 0.2) is 0 Å². The van der Waals surface area contributed by atoms with Gasteiger partial charge in [-0.25, -0.2) is 0 Å². The van der Waals surface area contributed by atoms with E-state index in [9.17, 15) is 9.90 Å². The van der Waals surface area contributed by atoms with E-state index in [0.29, 0.717) is 18.9 Å². The van der Waals surface area contributed by atoms with E-state index in [2.05, 4.69) is 47.8 Å². The number of hydrogen-bond acceptors (Lipinski definition) is 2. The number of carbonyl (C=O) groups excluding carboxylic acids is 1. The fourth-order valence-electron chi connectivity index (χ4n) is 3.64. The molecular formula is C20H21NO2. The Morgan fingerprint density at radius 2 is 1.87 bits per heavy atom. The third-order valence-corrected chi connectivity index (χ3v) is 5.02. The van der Waals surface area contributed by atoms with E-state index in [1.807, 2.05) is 0 Å². The molecule has 1 saturated heterocycles. The Morgan fingerprint density at radius 3 is 2.57 bits per heavy atom. The van der Waals surface area contributed by atoms with Crippen LogP contribution in [0.1, 0.15) is 47.8 Å². The van der Waals surface area contributed by atoms with E-state index in [1.165, 1.54) is 24.0 Å². The summed E-state index contributed by atoms with van der Waals surface area (Å²) in [6.07, 6.45) is 3.07. The first-order chi connectivity index (χ1) is 11.3. The van der Waals surface area contributed by atoms with Gasteiger partial charge in [-0.2, -0.15) is 0 Å². The van der Waals surface area contributed by atoms with Gasteiger partial charge in [-0.05, 0) is 52.6 Å². The monoisotopic (exact) mass is 307 g/mol. The Balaban J connectivity index is 1.72. The number of nitrogens with one attached hydrogen (secondary N) is 1. The number of aliphatic hydroxyl groups excluding tert-OH is 1. The summed E-state index contributed by atoms with van der Waals surface area (Å²) in [4.78, 5) is 11.5. The number of carbonyl (C=O) groups is 1. The van der Waals surface area contributed by atoms with Crippen molar-refractivity contribution in [3.8, 4) is 11.1 Å². The van der Waals surface area contributed by atoms with Crippen molar-refractivity contribution in [3.63, 3.8) is 0 Å². The smallest absolute Gasteiger partial charge is 0.220 e. The molecule has 2 aromatic rings. The van der Waals surface area contributed by atoms with Gasteiger partial charge in [0.25, 0.3) is 0 Å². The van der Waals surface area contributed by atoms with Crippen molar-refractivity contribution in [1.29, 1.82) is 0 Å². The quantitative estimate of drug-likeness (QED) is 0.910. The van der Waals surface area contributed by atoms with Gasteiger partial charge in [-0.1, -0.05) is 36.4 Å². The molecule has 2 N–H and O–H groups in total. The van der Waals surface area contributed by atoms with Crippen LogP contribution in [0.2, 0.25) is 0 Å². The molecule has 2 aliphatic rings. The lowest BCUT2D eigenvalue weighted by Gasteiger charge is -2.16. The molecule has 1 aliphatic heterocycles. The van der Waals surface area contributed by atoms with Crippen molar-refractivity contribution in [2.75, 3.05) is 6.54 Å². The number of rotatable bonds is 4. The lowest BCUT2D eigenvalue weighted by Crippen LogP contribution is -2.13. The molecule has 0 spiro atoms. The van der Waals surface area contributed by atoms with Gasteiger partial charge in [0.2, 0.25) is 5.91 Å². The molecule has 0 radical (unpaired) electrons. The first-order valence-electron chi connectivity index (χ1n) is 8.36. The van der Waals surface area contributed by atoms with Gasteiger partial charge in [0.1, 0.15) is 0 Å². The minimum atomic E-state index is 0.0134. The second-order valence-corrected chi connectivity index (χ2v) is 6.64. The van der Waals surface area contributed by atoms with Gasteiger partial charge >= 0.3 is 0 Å². The number of hydrogen-bond donors (Lipinski definition) is 2. The number of benzene rings is 2. The Morgan fingerprint density at radius 1 is 1.04 bits per heavy atom. The average molecular weight is 307 g/mol. The van der Waals surface area contributed by atoms with Gasteiger partial charge in [-0.3, -0.25) is 4.79 Å². The van der Waals surface area contributed by atoms with Crippen LogP contribution >= 0.6 is 0 Å². The molecule has 118 valence electrons. The van der Waals surface area contributed by atoms with Crippen LogP contribution in [0.5, 0.6) is 0 Å². The summed E-state index contributed by atoms with van der Waals surface area (Å²) in [6, 6.07) is 14.9. The zero-order valence-electron chi connectivity index (χ0n) is 13.1. The van der Waals surface area contributed by atoms with Crippen molar-refractivity contribution in [1.82, 2.24) is 5.32 Å². The summed E-state index contributed by atoms with van der Waals surface area (Å²) in [5, 5.41) is 12.7. The lowest BCUT2D eigenvalue weighted by molar-refractivity contribution is -0.119. The number of aliphatic hydroxyl groups is 1. The highest BCUT2D eigenvalue weighted by atomic mass is 16.3. The zero-order valence-corrected chi connectivity index (χ0v) is 13.1. The summed E-state index contributed by atoms with van der Waals surface area (Å²) in [5.74, 6) is 0.972. The molecule has 1 unspecified atom stereocenters. The minimum absolute atomic E-state index is 0.0134. The molecule has 0 aromatic heterocycles. The fourth-order valence-corrected chi connectivity index (χ4v) is 3.64. The van der Waals surface area contributed by atoms with Crippen LogP contribution in [0.15, 0.2) is 42.5 Å². The zero-order chi connectivity index (χ0) is 15.8. The van der Waals surface area contributed by atoms with Crippen LogP contribution in [0.4, 0.5) is 0 Å². The van der Waals surface area contributed by atoms with E-state index in [1.54, 1.807) is 0 Å². The Labute approximate surface area is 136 Å². The van der Waals surface area contributed by atoms with E-state index in [-0.39, 0.29) is 18.4 Å². The highest BCUT2D eigenvalue weighted by molar-refractivity contribution is 5.79. The molecule has 2 fully saturated rings. The Bertz CT molecular complexity index is 749. The van der Waals surface area contributed by atoms with E-state index < -0.39 is 0 Å². The Hall–Kier alpha value is -2.13. The van der Waals surface area contributed by atoms with E-state index in [4.69, 9.17) is 0 Å². The molecule has 1 amide bonds. The molecule has 0 bridgehead atoms. The summed E-state index contributed by atoms with van der Waals surface area (Å²) in [6.45, 7) is 0.684. The molecule has 2 aromatic carbocycles. The average Bonchev–Trinajstić information content (AvgIpc) is 3.35. The summed E-state index contributed by atoms with van der Waals surface area (Å²) >= 11 is 0. The van der Waals surface area contributed by atoms with Gasteiger partial charge in [-0.15, -0.1) is 0 Å². The van der Waals surface area contributed by atoms with Crippen LogP contribution in [0, 0.1) is 0 Å². The predicted octanol–water partition coefficient (Wildman–Crippen LogP) is 3.33. The van der Waals surface area contributed by atoms with Crippen molar-refractivity contribution in [2.24, 2.45) is 0 Å². The van der Waals surface area contributed by atoms with Gasteiger partial charge in [0, 0.05) is 18.9 Å². The maximum absolute atomic E-state index is 11.5. The van der Waals surface area contributed by atoms with Gasteiger partial charge in [0.05, 0.1) is 6.61 Å². The Kier molecular flexibility index (Phi) is 3.66. The molecule has 4 rings (SSSR count). The second-order valence-electron chi connectivity index (χ2n) is 6.64. The summed E-state index contributed by atoms with van der Waals surface area (Å²) in [5.41, 5.74) is 5.89. The van der Waals surface area contributed by atoms with Gasteiger partial charge < -0.3 is 10.4 Å². The normalized spacial score (nSPS) is 20.6. The topological polar surface area (TPSA) is 49.3 Å². The van der Waals surface area contributed by atoms with Crippen LogP contribution in [0.25, 0.3) is 11.1 Å². The second kappa shape index (κ2) is 5.82. The highest BCUT2D eigenvalue weighted by Crippen LogP contribution is 2.44. The van der Waals surface area contributed by atoms with Crippen LogP contribution in [0.3, 0.4) is 0 Å². The molecular weight excluding hydrogens is 286 g/mol. The third kappa shape index (κ3) is 2.77. The molecule has 23 heavy (non-hydrogen) atoms.